The van der Waals surface area contributed by atoms with Crippen LogP contribution < -0.4 is 0 Å². The fourth-order valence-corrected chi connectivity index (χ4v) is 3.45. The normalized spacial score (nSPS) is 25.0. The van der Waals surface area contributed by atoms with E-state index in [1.165, 1.54) is 0 Å². The van der Waals surface area contributed by atoms with E-state index in [1.54, 1.807) is 0 Å². The number of likely N-dealkylation sites (tertiary alicyclic amines) is 1. The number of hydrogen-bond donors (Lipinski definition) is 2. The molecule has 0 amide bonds. The third-order valence-corrected chi connectivity index (χ3v) is 4.86. The quantitative estimate of drug-likeness (QED) is 0.833. The van der Waals surface area contributed by atoms with E-state index in [0.717, 1.165) is 18.5 Å². The van der Waals surface area contributed by atoms with Gasteiger partial charge in [0.2, 0.25) is 5.89 Å². The van der Waals surface area contributed by atoms with Crippen LogP contribution in [0.1, 0.15) is 30.6 Å². The van der Waals surface area contributed by atoms with Crippen LogP contribution in [-0.2, 0) is 19.4 Å². The number of aliphatic hydroxyl groups excluding tert-OH is 2. The number of hydrogen-bond acceptors (Lipinski definition) is 6. The first kappa shape index (κ1) is 17.1. The first-order valence-electron chi connectivity index (χ1n) is 8.52. The molecule has 2 N–H and O–H groups in total. The lowest BCUT2D eigenvalue weighted by molar-refractivity contribution is -0.0784. The molecule has 0 bridgehead atoms. The second-order valence-electron chi connectivity index (χ2n) is 6.66. The van der Waals surface area contributed by atoms with E-state index in [0.29, 0.717) is 37.6 Å². The van der Waals surface area contributed by atoms with Crippen molar-refractivity contribution in [1.82, 2.24) is 15.0 Å². The SMILES string of the molecule is CCc1noc(CN2CC[C@H](O)[C@](CO)(Cc3ccccc3)C2)n1. The standard InChI is InChI=1S/C18H25N3O3/c1-2-16-19-17(24-20-16)11-21-9-8-15(23)18(12-21,13-22)10-14-6-4-3-5-7-14/h3-7,15,22-23H,2,8-13H2,1H3/t15-,18+/m0/s1. The van der Waals surface area contributed by atoms with Gasteiger partial charge in [0.1, 0.15) is 0 Å². The van der Waals surface area contributed by atoms with Crippen LogP contribution in [-0.4, -0.2) is 51.1 Å². The van der Waals surface area contributed by atoms with Crippen LogP contribution in [0.3, 0.4) is 0 Å². The maximum absolute atomic E-state index is 10.6. The lowest BCUT2D eigenvalue weighted by Gasteiger charge is -2.45. The fourth-order valence-electron chi connectivity index (χ4n) is 3.45. The summed E-state index contributed by atoms with van der Waals surface area (Å²) >= 11 is 0. The van der Waals surface area contributed by atoms with Crippen molar-refractivity contribution in [3.05, 3.63) is 47.6 Å². The van der Waals surface area contributed by atoms with Crippen molar-refractivity contribution in [3.8, 4) is 0 Å². The summed E-state index contributed by atoms with van der Waals surface area (Å²) in [4.78, 5) is 6.53. The van der Waals surface area contributed by atoms with Crippen LogP contribution in [0.15, 0.2) is 34.9 Å². The summed E-state index contributed by atoms with van der Waals surface area (Å²) in [5.74, 6) is 1.30. The maximum atomic E-state index is 10.6. The highest BCUT2D eigenvalue weighted by Gasteiger charge is 2.42. The molecule has 1 aromatic heterocycles. The Labute approximate surface area is 142 Å². The zero-order valence-corrected chi connectivity index (χ0v) is 14.1. The highest BCUT2D eigenvalue weighted by molar-refractivity contribution is 5.18. The van der Waals surface area contributed by atoms with Crippen molar-refractivity contribution in [2.45, 2.75) is 38.8 Å². The molecule has 1 aromatic carbocycles. The van der Waals surface area contributed by atoms with E-state index in [2.05, 4.69) is 15.0 Å². The van der Waals surface area contributed by atoms with E-state index >= 15 is 0 Å². The molecule has 2 heterocycles. The summed E-state index contributed by atoms with van der Waals surface area (Å²) in [6.45, 7) is 3.84. The zero-order valence-electron chi connectivity index (χ0n) is 14.1. The van der Waals surface area contributed by atoms with Gasteiger partial charge >= 0.3 is 0 Å². The molecule has 1 aliphatic heterocycles. The van der Waals surface area contributed by atoms with Crippen LogP contribution >= 0.6 is 0 Å². The minimum atomic E-state index is -0.562. The monoisotopic (exact) mass is 331 g/mol. The van der Waals surface area contributed by atoms with E-state index in [4.69, 9.17) is 4.52 Å². The minimum absolute atomic E-state index is 0.0520. The van der Waals surface area contributed by atoms with E-state index in [-0.39, 0.29) is 6.61 Å². The number of nitrogens with zero attached hydrogens (tertiary/aromatic N) is 3. The Morgan fingerprint density at radius 1 is 1.33 bits per heavy atom. The molecular formula is C18H25N3O3. The van der Waals surface area contributed by atoms with E-state index < -0.39 is 11.5 Å². The first-order valence-corrected chi connectivity index (χ1v) is 8.52. The van der Waals surface area contributed by atoms with Gasteiger partial charge in [-0.1, -0.05) is 42.4 Å². The largest absolute Gasteiger partial charge is 0.396 e. The molecule has 24 heavy (non-hydrogen) atoms. The molecule has 1 saturated heterocycles. The van der Waals surface area contributed by atoms with E-state index in [1.807, 2.05) is 37.3 Å². The fraction of sp³-hybridized carbons (Fsp3) is 0.556. The van der Waals surface area contributed by atoms with Crippen molar-refractivity contribution in [2.75, 3.05) is 19.7 Å². The van der Waals surface area contributed by atoms with Gasteiger partial charge in [0.05, 0.1) is 19.3 Å². The van der Waals surface area contributed by atoms with Crippen LogP contribution in [0.2, 0.25) is 0 Å². The van der Waals surface area contributed by atoms with Gasteiger partial charge in [-0.2, -0.15) is 4.98 Å². The molecule has 2 atom stereocenters. The van der Waals surface area contributed by atoms with Gasteiger partial charge in [0.25, 0.3) is 0 Å². The molecule has 0 aliphatic carbocycles. The summed E-state index contributed by atoms with van der Waals surface area (Å²) in [7, 11) is 0. The van der Waals surface area contributed by atoms with Crippen molar-refractivity contribution in [1.29, 1.82) is 0 Å². The predicted molar refractivity (Wildman–Crippen MR) is 89.2 cm³/mol. The molecule has 6 heteroatoms. The number of piperidine rings is 1. The maximum Gasteiger partial charge on any atom is 0.240 e. The second kappa shape index (κ2) is 7.42. The summed E-state index contributed by atoms with van der Waals surface area (Å²) in [5, 5.41) is 24.6. The minimum Gasteiger partial charge on any atom is -0.396 e. The third kappa shape index (κ3) is 3.66. The van der Waals surface area contributed by atoms with Gasteiger partial charge in [-0.05, 0) is 18.4 Å². The van der Waals surface area contributed by atoms with Crippen molar-refractivity contribution < 1.29 is 14.7 Å². The van der Waals surface area contributed by atoms with Gasteiger partial charge in [0, 0.05) is 24.9 Å². The molecule has 0 spiro atoms. The Bertz CT molecular complexity index is 646. The second-order valence-corrected chi connectivity index (χ2v) is 6.66. The molecule has 0 radical (unpaired) electrons. The number of aromatic nitrogens is 2. The van der Waals surface area contributed by atoms with Gasteiger partial charge in [-0.3, -0.25) is 4.90 Å². The number of benzene rings is 1. The third-order valence-electron chi connectivity index (χ3n) is 4.86. The Kier molecular flexibility index (Phi) is 5.28. The average molecular weight is 331 g/mol. The molecule has 1 fully saturated rings. The van der Waals surface area contributed by atoms with Crippen molar-refractivity contribution in [3.63, 3.8) is 0 Å². The molecule has 130 valence electrons. The Morgan fingerprint density at radius 2 is 2.12 bits per heavy atom. The molecule has 3 rings (SSSR count). The average Bonchev–Trinajstić information content (AvgIpc) is 3.06. The van der Waals surface area contributed by atoms with Gasteiger partial charge < -0.3 is 14.7 Å². The predicted octanol–water partition coefficient (Wildman–Crippen LogP) is 1.42. The Morgan fingerprint density at radius 3 is 2.79 bits per heavy atom. The molecular weight excluding hydrogens is 306 g/mol. The van der Waals surface area contributed by atoms with Crippen molar-refractivity contribution in [2.24, 2.45) is 5.41 Å². The van der Waals surface area contributed by atoms with Crippen LogP contribution in [0, 0.1) is 5.41 Å². The highest BCUT2D eigenvalue weighted by Crippen LogP contribution is 2.34. The zero-order chi connectivity index (χ0) is 17.0. The summed E-state index contributed by atoms with van der Waals surface area (Å²) < 4.78 is 5.28. The topological polar surface area (TPSA) is 82.6 Å². The summed E-state index contributed by atoms with van der Waals surface area (Å²) in [6.07, 6.45) is 1.50. The first-order chi connectivity index (χ1) is 11.6. The molecule has 1 aliphatic rings. The lowest BCUT2D eigenvalue weighted by Crippen LogP contribution is -2.54. The molecule has 0 saturated carbocycles. The van der Waals surface area contributed by atoms with Crippen LogP contribution in [0.4, 0.5) is 0 Å². The highest BCUT2D eigenvalue weighted by atomic mass is 16.5. The molecule has 2 aromatic rings. The number of aryl methyl sites for hydroxylation is 1. The summed E-state index contributed by atoms with van der Waals surface area (Å²) in [5.41, 5.74) is 0.561. The van der Waals surface area contributed by atoms with E-state index in [9.17, 15) is 10.2 Å². The molecule has 0 unspecified atom stereocenters. The summed E-state index contributed by atoms with van der Waals surface area (Å²) in [6, 6.07) is 10.0. The van der Waals surface area contributed by atoms with Crippen LogP contribution in [0.5, 0.6) is 0 Å². The number of aliphatic hydroxyl groups is 2. The smallest absolute Gasteiger partial charge is 0.240 e. The van der Waals surface area contributed by atoms with Gasteiger partial charge in [-0.25, -0.2) is 0 Å². The van der Waals surface area contributed by atoms with Gasteiger partial charge in [-0.15, -0.1) is 0 Å². The Hall–Kier alpha value is -1.76. The molecule has 6 nitrogen and oxygen atoms in total. The van der Waals surface area contributed by atoms with Gasteiger partial charge in [0.15, 0.2) is 5.82 Å². The van der Waals surface area contributed by atoms with Crippen LogP contribution in [0.25, 0.3) is 0 Å². The Balaban J connectivity index is 1.73. The van der Waals surface area contributed by atoms with Crippen molar-refractivity contribution >= 4 is 0 Å². The number of rotatable bonds is 6. The lowest BCUT2D eigenvalue weighted by atomic mass is 9.73.